The Bertz CT molecular complexity index is 929. The first-order valence-electron chi connectivity index (χ1n) is 9.18. The summed E-state index contributed by atoms with van der Waals surface area (Å²) in [6.45, 7) is 7.51. The van der Waals surface area contributed by atoms with E-state index in [0.717, 1.165) is 23.5 Å². The van der Waals surface area contributed by atoms with Gasteiger partial charge in [0.2, 0.25) is 10.8 Å². The number of ether oxygens (including phenoxy) is 1. The van der Waals surface area contributed by atoms with Gasteiger partial charge in [0.1, 0.15) is 5.82 Å². The molecule has 0 aliphatic carbocycles. The minimum atomic E-state index is -0.277. The molecule has 1 fully saturated rings. The molecule has 0 radical (unpaired) electrons. The van der Waals surface area contributed by atoms with Crippen LogP contribution in [0.4, 0.5) is 4.39 Å². The molecule has 8 heteroatoms. The number of hydrogen-bond acceptors (Lipinski definition) is 6. The van der Waals surface area contributed by atoms with Crippen molar-refractivity contribution >= 4 is 16.3 Å². The van der Waals surface area contributed by atoms with Gasteiger partial charge in [-0.2, -0.15) is 4.52 Å². The lowest BCUT2D eigenvalue weighted by Gasteiger charge is -2.40. The Kier molecular flexibility index (Phi) is 4.88. The maximum Gasteiger partial charge on any atom is 0.230 e. The number of hydrogen-bond donors (Lipinski definition) is 1. The molecule has 3 atom stereocenters. The normalized spacial score (nSPS) is 22.4. The van der Waals surface area contributed by atoms with Crippen molar-refractivity contribution in [3.8, 4) is 5.88 Å². The van der Waals surface area contributed by atoms with Gasteiger partial charge in [-0.25, -0.2) is 9.37 Å². The van der Waals surface area contributed by atoms with E-state index in [1.807, 2.05) is 20.8 Å². The third-order valence-corrected chi connectivity index (χ3v) is 5.88. The molecule has 0 saturated carbocycles. The quantitative estimate of drug-likeness (QED) is 0.740. The summed E-state index contributed by atoms with van der Waals surface area (Å²) in [5.74, 6) is 0.527. The van der Waals surface area contributed by atoms with E-state index in [4.69, 9.17) is 4.74 Å². The predicted octanol–water partition coefficient (Wildman–Crippen LogP) is 3.40. The Hall–Kier alpha value is -2.03. The second-order valence-electron chi connectivity index (χ2n) is 7.03. The highest BCUT2D eigenvalue weighted by Crippen LogP contribution is 2.40. The Labute approximate surface area is 161 Å². The molecule has 0 bridgehead atoms. The van der Waals surface area contributed by atoms with Gasteiger partial charge in [-0.1, -0.05) is 30.4 Å². The zero-order valence-corrected chi connectivity index (χ0v) is 16.4. The van der Waals surface area contributed by atoms with Crippen molar-refractivity contribution in [3.63, 3.8) is 0 Å². The van der Waals surface area contributed by atoms with Gasteiger partial charge in [-0.05, 0) is 31.5 Å². The van der Waals surface area contributed by atoms with Crippen molar-refractivity contribution in [2.45, 2.75) is 45.4 Å². The molecular formula is C19H23FN4O2S. The minimum Gasteiger partial charge on any atom is -0.492 e. The first-order chi connectivity index (χ1) is 13.0. The van der Waals surface area contributed by atoms with Gasteiger partial charge in [0, 0.05) is 19.5 Å². The van der Waals surface area contributed by atoms with Crippen molar-refractivity contribution in [3.05, 3.63) is 46.3 Å². The molecule has 144 valence electrons. The summed E-state index contributed by atoms with van der Waals surface area (Å²) in [4.78, 5) is 8.19. The molecule has 3 heterocycles. The highest BCUT2D eigenvalue weighted by atomic mass is 32.1. The van der Waals surface area contributed by atoms with Crippen LogP contribution in [0.1, 0.15) is 43.1 Å². The molecule has 2 aromatic heterocycles. The standard InChI is InChI=1S/C19H23FN4O2S/c1-4-15-21-19-24(22-15)18(25)17(27-19)16(13-5-7-14(20)8-6-13)23-9-11(2)26-12(3)10-23/h5-8,11-12,16,25H,4,9-10H2,1-3H3/t11-,12-,16-/m0/s1. The van der Waals surface area contributed by atoms with Crippen molar-refractivity contribution in [1.29, 1.82) is 0 Å². The smallest absolute Gasteiger partial charge is 0.230 e. The molecule has 4 rings (SSSR count). The average molecular weight is 390 g/mol. The summed E-state index contributed by atoms with van der Waals surface area (Å²) in [5, 5.41) is 15.3. The van der Waals surface area contributed by atoms with E-state index < -0.39 is 0 Å². The summed E-state index contributed by atoms with van der Waals surface area (Å²) in [6.07, 6.45) is 0.865. The molecule has 0 spiro atoms. The Morgan fingerprint density at radius 1 is 1.26 bits per heavy atom. The third-order valence-electron chi connectivity index (χ3n) is 4.81. The Balaban J connectivity index is 1.81. The van der Waals surface area contributed by atoms with Crippen LogP contribution in [-0.2, 0) is 11.2 Å². The van der Waals surface area contributed by atoms with Crippen LogP contribution in [0.15, 0.2) is 24.3 Å². The van der Waals surface area contributed by atoms with Gasteiger partial charge in [0.15, 0.2) is 5.82 Å². The fourth-order valence-corrected chi connectivity index (χ4v) is 4.86. The zero-order chi connectivity index (χ0) is 19.1. The second kappa shape index (κ2) is 7.18. The largest absolute Gasteiger partial charge is 0.492 e. The van der Waals surface area contributed by atoms with E-state index in [1.165, 1.54) is 28.0 Å². The van der Waals surface area contributed by atoms with Gasteiger partial charge in [-0.3, -0.25) is 4.90 Å². The van der Waals surface area contributed by atoms with Gasteiger partial charge in [0.05, 0.1) is 23.1 Å². The average Bonchev–Trinajstić information content (AvgIpc) is 3.16. The zero-order valence-electron chi connectivity index (χ0n) is 15.6. The van der Waals surface area contributed by atoms with Crippen molar-refractivity contribution in [1.82, 2.24) is 19.5 Å². The third kappa shape index (κ3) is 3.44. The van der Waals surface area contributed by atoms with E-state index in [2.05, 4.69) is 15.0 Å². The molecule has 1 aromatic carbocycles. The molecule has 3 aromatic rings. The van der Waals surface area contributed by atoms with Gasteiger partial charge in [0.25, 0.3) is 0 Å². The van der Waals surface area contributed by atoms with Gasteiger partial charge < -0.3 is 9.84 Å². The lowest BCUT2D eigenvalue weighted by atomic mass is 10.0. The summed E-state index contributed by atoms with van der Waals surface area (Å²) < 4.78 is 20.9. The van der Waals surface area contributed by atoms with E-state index in [-0.39, 0.29) is 29.9 Å². The molecule has 27 heavy (non-hydrogen) atoms. The van der Waals surface area contributed by atoms with Crippen LogP contribution >= 0.6 is 11.3 Å². The summed E-state index contributed by atoms with van der Waals surface area (Å²) in [5.41, 5.74) is 0.924. The maximum atomic E-state index is 13.5. The van der Waals surface area contributed by atoms with E-state index in [0.29, 0.717) is 17.2 Å². The van der Waals surface area contributed by atoms with Crippen molar-refractivity contribution in [2.75, 3.05) is 13.1 Å². The van der Waals surface area contributed by atoms with Gasteiger partial charge in [-0.15, -0.1) is 5.10 Å². The van der Waals surface area contributed by atoms with E-state index >= 15 is 0 Å². The number of rotatable bonds is 4. The Morgan fingerprint density at radius 2 is 1.93 bits per heavy atom. The highest BCUT2D eigenvalue weighted by molar-refractivity contribution is 7.17. The number of nitrogens with zero attached hydrogens (tertiary/aromatic N) is 4. The molecule has 1 N–H and O–H groups in total. The monoisotopic (exact) mass is 390 g/mol. The SMILES string of the molecule is CCc1nc2sc([C@H](c3ccc(F)cc3)N3C[C@H](C)O[C@@H](C)C3)c(O)n2n1. The first-order valence-corrected chi connectivity index (χ1v) is 10.00. The second-order valence-corrected chi connectivity index (χ2v) is 8.04. The molecule has 1 aliphatic rings. The number of aromatic nitrogens is 3. The van der Waals surface area contributed by atoms with Crippen LogP contribution in [0.2, 0.25) is 0 Å². The van der Waals surface area contributed by atoms with Crippen LogP contribution in [0.3, 0.4) is 0 Å². The number of fused-ring (bicyclic) bond motifs is 1. The molecule has 1 aliphatic heterocycles. The maximum absolute atomic E-state index is 13.5. The molecular weight excluding hydrogens is 367 g/mol. The lowest BCUT2D eigenvalue weighted by Crippen LogP contribution is -2.47. The fourth-order valence-electron chi connectivity index (χ4n) is 3.72. The molecule has 1 saturated heterocycles. The summed E-state index contributed by atoms with van der Waals surface area (Å²) in [6, 6.07) is 6.25. The fraction of sp³-hybridized carbons (Fsp3) is 0.474. The highest BCUT2D eigenvalue weighted by Gasteiger charge is 2.34. The lowest BCUT2D eigenvalue weighted by molar-refractivity contribution is -0.0764. The number of aryl methyl sites for hydroxylation is 1. The first kappa shape index (κ1) is 18.3. The molecule has 0 unspecified atom stereocenters. The topological polar surface area (TPSA) is 62.9 Å². The summed E-state index contributed by atoms with van der Waals surface area (Å²) >= 11 is 1.43. The Morgan fingerprint density at radius 3 is 2.52 bits per heavy atom. The molecule has 6 nitrogen and oxygen atoms in total. The van der Waals surface area contributed by atoms with E-state index in [1.54, 1.807) is 12.1 Å². The minimum absolute atomic E-state index is 0.0766. The predicted molar refractivity (Wildman–Crippen MR) is 102 cm³/mol. The van der Waals surface area contributed by atoms with Gasteiger partial charge >= 0.3 is 0 Å². The van der Waals surface area contributed by atoms with Crippen molar-refractivity contribution in [2.24, 2.45) is 0 Å². The van der Waals surface area contributed by atoms with Crippen molar-refractivity contribution < 1.29 is 14.2 Å². The number of thiazole rings is 1. The van der Waals surface area contributed by atoms with Crippen LogP contribution in [-0.4, -0.2) is 49.9 Å². The number of morpholine rings is 1. The number of benzene rings is 1. The van der Waals surface area contributed by atoms with E-state index in [9.17, 15) is 9.50 Å². The van der Waals surface area contributed by atoms with Crippen LogP contribution < -0.4 is 0 Å². The number of halogens is 1. The number of aromatic hydroxyl groups is 1. The van der Waals surface area contributed by atoms with Crippen LogP contribution in [0.5, 0.6) is 5.88 Å². The summed E-state index contributed by atoms with van der Waals surface area (Å²) in [7, 11) is 0. The molecule has 0 amide bonds. The van der Waals surface area contributed by atoms with Crippen LogP contribution in [0, 0.1) is 5.82 Å². The van der Waals surface area contributed by atoms with Crippen LogP contribution in [0.25, 0.3) is 4.96 Å².